The maximum atomic E-state index is 13.2. The molecule has 1 amide bonds. The van der Waals surface area contributed by atoms with Gasteiger partial charge in [0.1, 0.15) is 0 Å². The van der Waals surface area contributed by atoms with Crippen molar-refractivity contribution >= 4 is 16.0 Å². The van der Waals surface area contributed by atoms with Crippen molar-refractivity contribution in [1.82, 2.24) is 4.90 Å². The number of ether oxygens (including phenoxy) is 1. The molecule has 0 aliphatic carbocycles. The summed E-state index contributed by atoms with van der Waals surface area (Å²) in [4.78, 5) is 15.0. The second-order valence-corrected chi connectivity index (χ2v) is 8.35. The van der Waals surface area contributed by atoms with Gasteiger partial charge in [-0.2, -0.15) is 8.42 Å². The molecule has 0 unspecified atom stereocenters. The Morgan fingerprint density at radius 1 is 1.14 bits per heavy atom. The second-order valence-electron chi connectivity index (χ2n) is 6.78. The zero-order valence-electron chi connectivity index (χ0n) is 16.9. The Morgan fingerprint density at radius 3 is 2.39 bits per heavy atom. The van der Waals surface area contributed by atoms with Gasteiger partial charge in [-0.3, -0.25) is 4.79 Å². The normalized spacial score (nSPS) is 12.3. The molecular weight excluding hydrogens is 378 g/mol. The van der Waals surface area contributed by atoms with E-state index in [0.29, 0.717) is 17.9 Å². The van der Waals surface area contributed by atoms with Gasteiger partial charge in [0.2, 0.25) is 0 Å². The van der Waals surface area contributed by atoms with Crippen LogP contribution in [0.2, 0.25) is 0 Å². The first-order valence-electron chi connectivity index (χ1n) is 9.09. The molecule has 2 aromatic carbocycles. The van der Waals surface area contributed by atoms with Crippen LogP contribution in [0.15, 0.2) is 42.5 Å². The predicted molar refractivity (Wildman–Crippen MR) is 109 cm³/mol. The molecule has 1 atom stereocenters. The summed E-state index contributed by atoms with van der Waals surface area (Å²) >= 11 is 0. The molecule has 0 aromatic heterocycles. The number of aryl methyl sites for hydroxylation is 1. The molecule has 0 aliphatic heterocycles. The van der Waals surface area contributed by atoms with E-state index in [1.165, 1.54) is 7.11 Å². The quantitative estimate of drug-likeness (QED) is 0.625. The zero-order valence-corrected chi connectivity index (χ0v) is 17.7. The number of benzene rings is 2. The van der Waals surface area contributed by atoms with E-state index in [2.05, 4.69) is 0 Å². The average Bonchev–Trinajstić information content (AvgIpc) is 2.64. The Hall–Kier alpha value is -2.54. The maximum absolute atomic E-state index is 13.2. The molecule has 28 heavy (non-hydrogen) atoms. The third kappa shape index (κ3) is 5.48. The standard InChI is InChI=1S/C21H27NO5S/c1-6-16(3)22(21(23)18-10-8-7-9-15(18)2)14-17-11-12-19(26-4)20(13-17)27-28(5,24)25/h7-13,16H,6,14H2,1-5H3/t16-/m0/s1. The van der Waals surface area contributed by atoms with Crippen LogP contribution in [0.25, 0.3) is 0 Å². The van der Waals surface area contributed by atoms with Crippen molar-refractivity contribution in [2.24, 2.45) is 0 Å². The van der Waals surface area contributed by atoms with Gasteiger partial charge in [0.05, 0.1) is 13.4 Å². The summed E-state index contributed by atoms with van der Waals surface area (Å²) in [5.41, 5.74) is 2.32. The first kappa shape index (κ1) is 21.8. The van der Waals surface area contributed by atoms with E-state index in [9.17, 15) is 13.2 Å². The average molecular weight is 406 g/mol. The van der Waals surface area contributed by atoms with Crippen molar-refractivity contribution in [3.8, 4) is 11.5 Å². The molecule has 2 aromatic rings. The van der Waals surface area contributed by atoms with Gasteiger partial charge in [0.15, 0.2) is 11.5 Å². The Balaban J connectivity index is 2.38. The second kappa shape index (κ2) is 9.10. The highest BCUT2D eigenvalue weighted by molar-refractivity contribution is 7.86. The van der Waals surface area contributed by atoms with Gasteiger partial charge in [-0.15, -0.1) is 0 Å². The molecule has 0 bridgehead atoms. The van der Waals surface area contributed by atoms with Crippen molar-refractivity contribution in [2.75, 3.05) is 13.4 Å². The lowest BCUT2D eigenvalue weighted by Crippen LogP contribution is -2.38. The van der Waals surface area contributed by atoms with E-state index < -0.39 is 10.1 Å². The minimum atomic E-state index is -3.70. The molecule has 0 aliphatic rings. The Labute approximate surface area is 167 Å². The van der Waals surface area contributed by atoms with Gasteiger partial charge in [0, 0.05) is 18.2 Å². The predicted octanol–water partition coefficient (Wildman–Crippen LogP) is 3.78. The molecule has 0 spiro atoms. The highest BCUT2D eigenvalue weighted by Gasteiger charge is 2.23. The fourth-order valence-corrected chi connectivity index (χ4v) is 3.32. The molecule has 0 saturated carbocycles. The number of methoxy groups -OCH3 is 1. The van der Waals surface area contributed by atoms with Crippen LogP contribution >= 0.6 is 0 Å². The Bertz CT molecular complexity index is 940. The van der Waals surface area contributed by atoms with E-state index in [4.69, 9.17) is 8.92 Å². The summed E-state index contributed by atoms with van der Waals surface area (Å²) in [6, 6.07) is 12.5. The minimum Gasteiger partial charge on any atom is -0.493 e. The van der Waals surface area contributed by atoms with Crippen LogP contribution in [0.4, 0.5) is 0 Å². The van der Waals surface area contributed by atoms with Gasteiger partial charge in [0.25, 0.3) is 5.91 Å². The van der Waals surface area contributed by atoms with Crippen molar-refractivity contribution < 1.29 is 22.1 Å². The van der Waals surface area contributed by atoms with Crippen LogP contribution in [0.1, 0.15) is 41.8 Å². The van der Waals surface area contributed by atoms with Crippen LogP contribution in [-0.2, 0) is 16.7 Å². The van der Waals surface area contributed by atoms with E-state index in [0.717, 1.165) is 23.8 Å². The first-order chi connectivity index (χ1) is 13.2. The smallest absolute Gasteiger partial charge is 0.306 e. The van der Waals surface area contributed by atoms with Crippen molar-refractivity contribution in [3.05, 3.63) is 59.2 Å². The molecule has 6 nitrogen and oxygen atoms in total. The lowest BCUT2D eigenvalue weighted by molar-refractivity contribution is 0.0670. The summed E-state index contributed by atoms with van der Waals surface area (Å²) in [6.07, 6.45) is 1.77. The largest absolute Gasteiger partial charge is 0.493 e. The van der Waals surface area contributed by atoms with Gasteiger partial charge in [-0.05, 0) is 49.6 Å². The fraction of sp³-hybridized carbons (Fsp3) is 0.381. The van der Waals surface area contributed by atoms with Gasteiger partial charge in [-0.25, -0.2) is 0 Å². The number of rotatable bonds is 8. The van der Waals surface area contributed by atoms with E-state index >= 15 is 0 Å². The Morgan fingerprint density at radius 2 is 1.82 bits per heavy atom. The SMILES string of the molecule is CC[C@H](C)N(Cc1ccc(OC)c(OS(C)(=O)=O)c1)C(=O)c1ccccc1C. The monoisotopic (exact) mass is 405 g/mol. The summed E-state index contributed by atoms with van der Waals surface area (Å²) in [7, 11) is -2.26. The van der Waals surface area contributed by atoms with Crippen molar-refractivity contribution in [1.29, 1.82) is 0 Å². The minimum absolute atomic E-state index is 0.00786. The summed E-state index contributed by atoms with van der Waals surface area (Å²) in [5, 5.41) is 0. The molecule has 0 heterocycles. The molecule has 7 heteroatoms. The van der Waals surface area contributed by atoms with Crippen LogP contribution < -0.4 is 8.92 Å². The zero-order chi connectivity index (χ0) is 20.9. The highest BCUT2D eigenvalue weighted by Crippen LogP contribution is 2.30. The maximum Gasteiger partial charge on any atom is 0.306 e. The summed E-state index contributed by atoms with van der Waals surface area (Å²) in [5.74, 6) is 0.360. The number of carbonyl (C=O) groups is 1. The number of amides is 1. The fourth-order valence-electron chi connectivity index (χ4n) is 2.86. The number of hydrogen-bond acceptors (Lipinski definition) is 5. The molecule has 152 valence electrons. The number of nitrogens with zero attached hydrogens (tertiary/aromatic N) is 1. The lowest BCUT2D eigenvalue weighted by atomic mass is 10.0. The van der Waals surface area contributed by atoms with E-state index in [-0.39, 0.29) is 17.7 Å². The van der Waals surface area contributed by atoms with Crippen LogP contribution in [0.3, 0.4) is 0 Å². The Kier molecular flexibility index (Phi) is 7.07. The van der Waals surface area contributed by atoms with Gasteiger partial charge >= 0.3 is 10.1 Å². The molecule has 2 rings (SSSR count). The van der Waals surface area contributed by atoms with E-state index in [1.54, 1.807) is 23.1 Å². The molecule has 0 saturated heterocycles. The third-order valence-corrected chi connectivity index (χ3v) is 5.06. The van der Waals surface area contributed by atoms with Crippen molar-refractivity contribution in [3.63, 3.8) is 0 Å². The van der Waals surface area contributed by atoms with Crippen LogP contribution in [0.5, 0.6) is 11.5 Å². The van der Waals surface area contributed by atoms with Gasteiger partial charge in [-0.1, -0.05) is 31.2 Å². The van der Waals surface area contributed by atoms with Crippen LogP contribution in [0, 0.1) is 6.92 Å². The number of carbonyl (C=O) groups excluding carboxylic acids is 1. The molecule has 0 radical (unpaired) electrons. The van der Waals surface area contributed by atoms with Gasteiger partial charge < -0.3 is 13.8 Å². The van der Waals surface area contributed by atoms with Crippen LogP contribution in [-0.4, -0.2) is 38.6 Å². The topological polar surface area (TPSA) is 72.9 Å². The summed E-state index contributed by atoms with van der Waals surface area (Å²) < 4.78 is 33.3. The summed E-state index contributed by atoms with van der Waals surface area (Å²) in [6.45, 7) is 6.25. The third-order valence-electron chi connectivity index (χ3n) is 4.58. The van der Waals surface area contributed by atoms with Crippen molar-refractivity contribution in [2.45, 2.75) is 39.8 Å². The number of hydrogen-bond donors (Lipinski definition) is 0. The highest BCUT2D eigenvalue weighted by atomic mass is 32.2. The first-order valence-corrected chi connectivity index (χ1v) is 10.9. The molecular formula is C21H27NO5S. The molecule has 0 fully saturated rings. The van der Waals surface area contributed by atoms with E-state index in [1.807, 2.05) is 45.0 Å². The lowest BCUT2D eigenvalue weighted by Gasteiger charge is -2.29. The molecule has 0 N–H and O–H groups in total.